The normalized spacial score (nSPS) is 17.3. The Labute approximate surface area is 160 Å². The third-order valence-electron chi connectivity index (χ3n) is 4.94. The van der Waals surface area contributed by atoms with E-state index in [0.717, 1.165) is 41.3 Å². The number of rotatable bonds is 4. The van der Waals surface area contributed by atoms with E-state index in [-0.39, 0.29) is 6.54 Å². The molecule has 8 heteroatoms. The molecule has 7 nitrogen and oxygen atoms in total. The number of imide groups is 1. The van der Waals surface area contributed by atoms with E-state index in [0.29, 0.717) is 22.2 Å². The fraction of sp³-hybridized carbons (Fsp3) is 0.368. The van der Waals surface area contributed by atoms with Crippen LogP contribution in [0.15, 0.2) is 24.4 Å². The number of fused-ring (bicyclic) bond motifs is 1. The van der Waals surface area contributed by atoms with Gasteiger partial charge in [0.15, 0.2) is 5.13 Å². The Morgan fingerprint density at radius 3 is 2.78 bits per heavy atom. The zero-order valence-corrected chi connectivity index (χ0v) is 15.8. The van der Waals surface area contributed by atoms with Crippen LogP contribution in [0.1, 0.15) is 49.9 Å². The average Bonchev–Trinajstić information content (AvgIpc) is 3.21. The van der Waals surface area contributed by atoms with Gasteiger partial charge in [0.05, 0.1) is 11.1 Å². The van der Waals surface area contributed by atoms with Crippen molar-refractivity contribution in [3.8, 4) is 0 Å². The van der Waals surface area contributed by atoms with Crippen molar-refractivity contribution in [2.75, 3.05) is 25.0 Å². The molecular weight excluding hydrogens is 364 g/mol. The van der Waals surface area contributed by atoms with Gasteiger partial charge < -0.3 is 10.6 Å². The Morgan fingerprint density at radius 1 is 1.26 bits per heavy atom. The Bertz CT molecular complexity index is 917. The highest BCUT2D eigenvalue weighted by atomic mass is 32.1. The van der Waals surface area contributed by atoms with Gasteiger partial charge in [0.2, 0.25) is 5.91 Å². The highest BCUT2D eigenvalue weighted by molar-refractivity contribution is 7.15. The number of carbonyl (C=O) groups is 3. The summed E-state index contributed by atoms with van der Waals surface area (Å²) in [6.07, 6.45) is 3.93. The SMILES string of the molecule is Cc1ccc2c(c1)C(=O)N(CC(=O)Nc1ncc(C3CCNCC3)s1)C2=O. The lowest BCUT2D eigenvalue weighted by Crippen LogP contribution is -2.37. The van der Waals surface area contributed by atoms with Crippen LogP contribution in [0, 0.1) is 6.92 Å². The second-order valence-corrected chi connectivity index (χ2v) is 7.95. The summed E-state index contributed by atoms with van der Waals surface area (Å²) in [5.74, 6) is -0.815. The topological polar surface area (TPSA) is 91.4 Å². The van der Waals surface area contributed by atoms with Crippen molar-refractivity contribution in [2.45, 2.75) is 25.7 Å². The van der Waals surface area contributed by atoms with E-state index < -0.39 is 17.7 Å². The first-order valence-corrected chi connectivity index (χ1v) is 9.77. The number of hydrogen-bond acceptors (Lipinski definition) is 6. The van der Waals surface area contributed by atoms with Crippen molar-refractivity contribution >= 4 is 34.2 Å². The van der Waals surface area contributed by atoms with E-state index >= 15 is 0 Å². The van der Waals surface area contributed by atoms with Crippen LogP contribution in [-0.2, 0) is 4.79 Å². The van der Waals surface area contributed by atoms with Crippen LogP contribution < -0.4 is 10.6 Å². The number of benzene rings is 1. The van der Waals surface area contributed by atoms with Gasteiger partial charge in [-0.2, -0.15) is 0 Å². The lowest BCUT2D eigenvalue weighted by Gasteiger charge is -2.20. The predicted octanol–water partition coefficient (Wildman–Crippen LogP) is 2.15. The summed E-state index contributed by atoms with van der Waals surface area (Å²) in [5, 5.41) is 6.54. The van der Waals surface area contributed by atoms with Gasteiger partial charge in [0.1, 0.15) is 6.54 Å². The number of carbonyl (C=O) groups excluding carboxylic acids is 3. The number of hydrogen-bond donors (Lipinski definition) is 2. The first-order chi connectivity index (χ1) is 13.0. The number of thiazole rings is 1. The Morgan fingerprint density at radius 2 is 2.00 bits per heavy atom. The Hall–Kier alpha value is -2.58. The lowest BCUT2D eigenvalue weighted by molar-refractivity contribution is -0.116. The van der Waals surface area contributed by atoms with E-state index in [9.17, 15) is 14.4 Å². The van der Waals surface area contributed by atoms with Crippen LogP contribution in [0.25, 0.3) is 0 Å². The molecule has 2 aliphatic heterocycles. The lowest BCUT2D eigenvalue weighted by atomic mass is 9.97. The molecule has 0 saturated carbocycles. The van der Waals surface area contributed by atoms with Gasteiger partial charge in [0, 0.05) is 11.1 Å². The van der Waals surface area contributed by atoms with Crippen LogP contribution in [-0.4, -0.2) is 47.2 Å². The van der Waals surface area contributed by atoms with Gasteiger partial charge in [-0.25, -0.2) is 4.98 Å². The average molecular weight is 384 g/mol. The summed E-state index contributed by atoms with van der Waals surface area (Å²) in [5.41, 5.74) is 1.60. The van der Waals surface area contributed by atoms with Crippen LogP contribution >= 0.6 is 11.3 Å². The number of amides is 3. The van der Waals surface area contributed by atoms with Crippen LogP contribution in [0.3, 0.4) is 0 Å². The maximum absolute atomic E-state index is 12.5. The van der Waals surface area contributed by atoms with E-state index in [2.05, 4.69) is 15.6 Å². The van der Waals surface area contributed by atoms with Crippen molar-refractivity contribution in [1.29, 1.82) is 0 Å². The number of piperidine rings is 1. The maximum Gasteiger partial charge on any atom is 0.262 e. The maximum atomic E-state index is 12.5. The monoisotopic (exact) mass is 384 g/mol. The number of nitrogens with one attached hydrogen (secondary N) is 2. The second kappa shape index (κ2) is 7.21. The molecule has 0 spiro atoms. The van der Waals surface area contributed by atoms with Gasteiger partial charge in [-0.3, -0.25) is 19.3 Å². The standard InChI is InChI=1S/C19H20N4O3S/c1-11-2-3-13-14(8-11)18(26)23(17(13)25)10-16(24)22-19-21-9-15(27-19)12-4-6-20-7-5-12/h2-3,8-9,12,20H,4-7,10H2,1H3,(H,21,22,24). The third kappa shape index (κ3) is 3.50. The molecular formula is C19H20N4O3S. The molecule has 3 heterocycles. The minimum atomic E-state index is -0.431. The number of aromatic nitrogens is 1. The molecule has 0 aliphatic carbocycles. The summed E-state index contributed by atoms with van der Waals surface area (Å²) < 4.78 is 0. The highest BCUT2D eigenvalue weighted by Gasteiger charge is 2.36. The minimum Gasteiger partial charge on any atom is -0.317 e. The predicted molar refractivity (Wildman–Crippen MR) is 102 cm³/mol. The molecule has 1 aromatic carbocycles. The first kappa shape index (κ1) is 17.8. The molecule has 1 fully saturated rings. The van der Waals surface area contributed by atoms with Gasteiger partial charge >= 0.3 is 0 Å². The van der Waals surface area contributed by atoms with Crippen molar-refractivity contribution in [3.63, 3.8) is 0 Å². The van der Waals surface area contributed by atoms with E-state index in [1.54, 1.807) is 24.4 Å². The Balaban J connectivity index is 1.41. The molecule has 2 N–H and O–H groups in total. The van der Waals surface area contributed by atoms with Crippen LogP contribution in [0.2, 0.25) is 0 Å². The number of anilines is 1. The quantitative estimate of drug-likeness (QED) is 0.788. The number of aryl methyl sites for hydroxylation is 1. The molecule has 0 bridgehead atoms. The molecule has 0 atom stereocenters. The molecule has 2 aromatic rings. The molecule has 4 rings (SSSR count). The van der Waals surface area contributed by atoms with E-state index in [1.807, 2.05) is 6.92 Å². The summed E-state index contributed by atoms with van der Waals surface area (Å²) in [6, 6.07) is 5.10. The highest BCUT2D eigenvalue weighted by Crippen LogP contribution is 2.31. The second-order valence-electron chi connectivity index (χ2n) is 6.89. The van der Waals surface area contributed by atoms with Crippen molar-refractivity contribution < 1.29 is 14.4 Å². The summed E-state index contributed by atoms with van der Waals surface area (Å²) >= 11 is 1.46. The third-order valence-corrected chi connectivity index (χ3v) is 6.01. The van der Waals surface area contributed by atoms with Crippen molar-refractivity contribution in [3.05, 3.63) is 46.0 Å². The molecule has 1 aromatic heterocycles. The zero-order valence-electron chi connectivity index (χ0n) is 14.9. The van der Waals surface area contributed by atoms with E-state index in [4.69, 9.17) is 0 Å². The van der Waals surface area contributed by atoms with Gasteiger partial charge in [-0.05, 0) is 50.9 Å². The molecule has 0 unspecified atom stereocenters. The smallest absolute Gasteiger partial charge is 0.262 e. The van der Waals surface area contributed by atoms with Gasteiger partial charge in [0.25, 0.3) is 11.8 Å². The molecule has 27 heavy (non-hydrogen) atoms. The van der Waals surface area contributed by atoms with Gasteiger partial charge in [-0.15, -0.1) is 11.3 Å². The molecule has 2 aliphatic rings. The number of nitrogens with zero attached hydrogens (tertiary/aromatic N) is 2. The fourth-order valence-corrected chi connectivity index (χ4v) is 4.49. The fourth-order valence-electron chi connectivity index (χ4n) is 3.49. The Kier molecular flexibility index (Phi) is 4.75. The first-order valence-electron chi connectivity index (χ1n) is 8.96. The molecule has 0 radical (unpaired) electrons. The van der Waals surface area contributed by atoms with Crippen molar-refractivity contribution in [1.82, 2.24) is 15.2 Å². The summed E-state index contributed by atoms with van der Waals surface area (Å²) in [6.45, 7) is 3.52. The summed E-state index contributed by atoms with van der Waals surface area (Å²) in [4.78, 5) is 43.7. The van der Waals surface area contributed by atoms with Crippen LogP contribution in [0.4, 0.5) is 5.13 Å². The zero-order chi connectivity index (χ0) is 19.0. The molecule has 1 saturated heterocycles. The van der Waals surface area contributed by atoms with Gasteiger partial charge in [-0.1, -0.05) is 11.6 Å². The molecule has 3 amide bonds. The molecule has 140 valence electrons. The largest absolute Gasteiger partial charge is 0.317 e. The summed E-state index contributed by atoms with van der Waals surface area (Å²) in [7, 11) is 0. The van der Waals surface area contributed by atoms with E-state index in [1.165, 1.54) is 11.3 Å². The van der Waals surface area contributed by atoms with Crippen molar-refractivity contribution in [2.24, 2.45) is 0 Å². The minimum absolute atomic E-state index is 0.312. The van der Waals surface area contributed by atoms with Crippen LogP contribution in [0.5, 0.6) is 0 Å².